The monoisotopic (exact) mass is 298 g/mol. The van der Waals surface area contributed by atoms with E-state index in [9.17, 15) is 0 Å². The zero-order valence-corrected chi connectivity index (χ0v) is 11.6. The van der Waals surface area contributed by atoms with Crippen LogP contribution < -0.4 is 10.6 Å². The van der Waals surface area contributed by atoms with Crippen LogP contribution in [0.1, 0.15) is 18.4 Å². The number of hydrogen-bond donors (Lipinski definition) is 1. The summed E-state index contributed by atoms with van der Waals surface area (Å²) in [6, 6.07) is 6.09. The van der Waals surface area contributed by atoms with E-state index in [1.54, 1.807) is 0 Å². The third-order valence-electron chi connectivity index (χ3n) is 2.86. The lowest BCUT2D eigenvalue weighted by atomic mass is 10.1. The molecule has 4 heteroatoms. The molecule has 0 saturated heterocycles. The number of hydrogen-bond acceptors (Lipinski definition) is 2. The molecule has 0 unspecified atom stereocenters. The van der Waals surface area contributed by atoms with Gasteiger partial charge in [0.1, 0.15) is 4.99 Å². The van der Waals surface area contributed by atoms with Gasteiger partial charge in [-0.1, -0.05) is 28.1 Å². The summed E-state index contributed by atoms with van der Waals surface area (Å²) in [5, 5.41) is 0. The number of halogens is 1. The Hall–Kier alpha value is -0.610. The fourth-order valence-corrected chi connectivity index (χ4v) is 2.35. The van der Waals surface area contributed by atoms with Crippen molar-refractivity contribution in [2.45, 2.75) is 12.8 Å². The third-order valence-corrected chi connectivity index (χ3v) is 3.58. The molecule has 2 nitrogen and oxygen atoms in total. The number of benzene rings is 1. The predicted molar refractivity (Wildman–Crippen MR) is 76.0 cm³/mol. The molecule has 2 rings (SSSR count). The maximum Gasteiger partial charge on any atom is 0.106 e. The molecule has 0 atom stereocenters. The second kappa shape index (κ2) is 4.72. The van der Waals surface area contributed by atoms with Crippen molar-refractivity contribution >= 4 is 38.8 Å². The van der Waals surface area contributed by atoms with Crippen molar-refractivity contribution in [1.82, 2.24) is 0 Å². The van der Waals surface area contributed by atoms with Gasteiger partial charge in [-0.3, -0.25) is 0 Å². The minimum absolute atomic E-state index is 0.457. The minimum atomic E-state index is 0.457. The third kappa shape index (κ3) is 2.74. The molecule has 0 aromatic heterocycles. The lowest BCUT2D eigenvalue weighted by molar-refractivity contribution is 0.787. The Kier molecular flexibility index (Phi) is 3.50. The molecule has 16 heavy (non-hydrogen) atoms. The molecule has 0 spiro atoms. The smallest absolute Gasteiger partial charge is 0.106 e. The van der Waals surface area contributed by atoms with Gasteiger partial charge in [-0.05, 0) is 37.0 Å². The van der Waals surface area contributed by atoms with E-state index < -0.39 is 0 Å². The summed E-state index contributed by atoms with van der Waals surface area (Å²) in [4.78, 5) is 2.71. The van der Waals surface area contributed by atoms with Crippen molar-refractivity contribution in [3.8, 4) is 0 Å². The average molecular weight is 299 g/mol. The maximum absolute atomic E-state index is 5.75. The number of anilines is 1. The summed E-state index contributed by atoms with van der Waals surface area (Å²) in [6.07, 6.45) is 2.70. The van der Waals surface area contributed by atoms with Crippen LogP contribution in [0, 0.1) is 5.92 Å². The quantitative estimate of drug-likeness (QED) is 0.867. The Morgan fingerprint density at radius 2 is 2.25 bits per heavy atom. The highest BCUT2D eigenvalue weighted by Gasteiger charge is 2.24. The Morgan fingerprint density at radius 1 is 1.56 bits per heavy atom. The molecule has 0 bridgehead atoms. The van der Waals surface area contributed by atoms with Crippen molar-refractivity contribution in [3.63, 3.8) is 0 Å². The summed E-state index contributed by atoms with van der Waals surface area (Å²) in [6.45, 7) is 1.09. The molecule has 0 amide bonds. The van der Waals surface area contributed by atoms with Crippen LogP contribution in [0.3, 0.4) is 0 Å². The summed E-state index contributed by atoms with van der Waals surface area (Å²) in [7, 11) is 2.10. The molecule has 1 saturated carbocycles. The first-order valence-corrected chi connectivity index (χ1v) is 6.58. The van der Waals surface area contributed by atoms with Gasteiger partial charge in [-0.2, -0.15) is 0 Å². The zero-order chi connectivity index (χ0) is 11.7. The normalized spacial score (nSPS) is 14.9. The summed E-state index contributed by atoms with van der Waals surface area (Å²) >= 11 is 8.53. The summed E-state index contributed by atoms with van der Waals surface area (Å²) in [5.74, 6) is 0.854. The Morgan fingerprint density at radius 3 is 2.81 bits per heavy atom. The zero-order valence-electron chi connectivity index (χ0n) is 9.24. The van der Waals surface area contributed by atoms with E-state index in [1.807, 2.05) is 12.1 Å². The van der Waals surface area contributed by atoms with Crippen LogP contribution in [0.5, 0.6) is 0 Å². The average Bonchev–Trinajstić information content (AvgIpc) is 3.01. The van der Waals surface area contributed by atoms with Crippen LogP contribution in [-0.2, 0) is 0 Å². The lowest BCUT2D eigenvalue weighted by Crippen LogP contribution is -2.23. The van der Waals surface area contributed by atoms with Gasteiger partial charge in [-0.15, -0.1) is 0 Å². The highest BCUT2D eigenvalue weighted by atomic mass is 79.9. The van der Waals surface area contributed by atoms with Crippen molar-refractivity contribution in [3.05, 3.63) is 28.2 Å². The van der Waals surface area contributed by atoms with Crippen LogP contribution in [-0.4, -0.2) is 18.6 Å². The van der Waals surface area contributed by atoms with Crippen LogP contribution in [0.2, 0.25) is 0 Å². The van der Waals surface area contributed by atoms with E-state index in [0.717, 1.165) is 28.2 Å². The number of nitrogens with zero attached hydrogens (tertiary/aromatic N) is 1. The molecule has 0 aliphatic heterocycles. The van der Waals surface area contributed by atoms with E-state index in [0.29, 0.717) is 4.99 Å². The first kappa shape index (κ1) is 11.9. The van der Waals surface area contributed by atoms with Crippen LogP contribution in [0.15, 0.2) is 22.7 Å². The van der Waals surface area contributed by atoms with Gasteiger partial charge in [0, 0.05) is 29.3 Å². The molecule has 86 valence electrons. The molecular formula is C12H15BrN2S. The summed E-state index contributed by atoms with van der Waals surface area (Å²) < 4.78 is 1.01. The maximum atomic E-state index is 5.75. The van der Waals surface area contributed by atoms with E-state index in [-0.39, 0.29) is 0 Å². The lowest BCUT2D eigenvalue weighted by Gasteiger charge is -2.22. The number of thiocarbonyl (C=S) groups is 1. The van der Waals surface area contributed by atoms with Crippen molar-refractivity contribution in [1.29, 1.82) is 0 Å². The minimum Gasteiger partial charge on any atom is -0.389 e. The largest absolute Gasteiger partial charge is 0.389 e. The highest BCUT2D eigenvalue weighted by Crippen LogP contribution is 2.32. The predicted octanol–water partition coefficient (Wildman–Crippen LogP) is 2.93. The molecule has 2 N–H and O–H groups in total. The fraction of sp³-hybridized carbons (Fsp3) is 0.417. The SMILES string of the molecule is CN(CC1CC1)c1ccc(Br)cc1C(N)=S. The Balaban J connectivity index is 2.26. The van der Waals surface area contributed by atoms with Crippen LogP contribution >= 0.6 is 28.1 Å². The molecule has 1 aliphatic rings. The van der Waals surface area contributed by atoms with Crippen molar-refractivity contribution < 1.29 is 0 Å². The Labute approximate surface area is 110 Å². The van der Waals surface area contributed by atoms with Crippen LogP contribution in [0.4, 0.5) is 5.69 Å². The molecule has 1 fully saturated rings. The van der Waals surface area contributed by atoms with E-state index in [1.165, 1.54) is 12.8 Å². The number of nitrogens with two attached hydrogens (primary N) is 1. The standard InChI is InChI=1S/C12H15BrN2S/c1-15(7-8-2-3-8)11-5-4-9(13)6-10(11)12(14)16/h4-6,8H,2-3,7H2,1H3,(H2,14,16). The van der Waals surface area contributed by atoms with Gasteiger partial charge in [0.05, 0.1) is 0 Å². The van der Waals surface area contributed by atoms with Gasteiger partial charge in [0.25, 0.3) is 0 Å². The summed E-state index contributed by atoms with van der Waals surface area (Å²) in [5.41, 5.74) is 7.83. The van der Waals surface area contributed by atoms with Gasteiger partial charge in [0.2, 0.25) is 0 Å². The number of rotatable bonds is 4. The second-order valence-electron chi connectivity index (χ2n) is 4.35. The molecular weight excluding hydrogens is 284 g/mol. The van der Waals surface area contributed by atoms with E-state index in [4.69, 9.17) is 18.0 Å². The highest BCUT2D eigenvalue weighted by molar-refractivity contribution is 9.10. The molecule has 0 heterocycles. The van der Waals surface area contributed by atoms with E-state index in [2.05, 4.69) is 33.9 Å². The van der Waals surface area contributed by atoms with Gasteiger partial charge < -0.3 is 10.6 Å². The Bertz CT molecular complexity index is 415. The first-order chi connectivity index (χ1) is 7.58. The van der Waals surface area contributed by atoms with Crippen molar-refractivity contribution in [2.24, 2.45) is 11.7 Å². The molecule has 1 aromatic carbocycles. The molecule has 1 aliphatic carbocycles. The molecule has 0 radical (unpaired) electrons. The fourth-order valence-electron chi connectivity index (χ4n) is 1.82. The topological polar surface area (TPSA) is 29.3 Å². The first-order valence-electron chi connectivity index (χ1n) is 5.38. The van der Waals surface area contributed by atoms with Crippen LogP contribution in [0.25, 0.3) is 0 Å². The van der Waals surface area contributed by atoms with E-state index >= 15 is 0 Å². The van der Waals surface area contributed by atoms with Crippen molar-refractivity contribution in [2.75, 3.05) is 18.5 Å². The van der Waals surface area contributed by atoms with Gasteiger partial charge >= 0.3 is 0 Å². The van der Waals surface area contributed by atoms with Gasteiger partial charge in [0.15, 0.2) is 0 Å². The van der Waals surface area contributed by atoms with Gasteiger partial charge in [-0.25, -0.2) is 0 Å². The molecule has 1 aromatic rings. The second-order valence-corrected chi connectivity index (χ2v) is 5.71.